The molecule has 0 aliphatic rings. The number of nitro groups is 1. The zero-order chi connectivity index (χ0) is 15.3. The standard InChI is InChI=1S/C15H24N2O3/c1-6-9-20-14-10-12(7-8-13(14)17(18)19)16-11(2)15(3,4)5/h7-8,10-11,16H,6,9H2,1-5H3. The molecule has 0 amide bonds. The second kappa shape index (κ2) is 6.59. The number of hydrogen-bond acceptors (Lipinski definition) is 4. The van der Waals surface area contributed by atoms with Crippen molar-refractivity contribution in [2.45, 2.75) is 47.1 Å². The van der Waals surface area contributed by atoms with Gasteiger partial charge in [0.25, 0.3) is 0 Å². The lowest BCUT2D eigenvalue weighted by Gasteiger charge is -2.29. The lowest BCUT2D eigenvalue weighted by atomic mass is 9.88. The molecule has 1 rings (SSSR count). The Labute approximate surface area is 120 Å². The second-order valence-electron chi connectivity index (χ2n) is 6.02. The van der Waals surface area contributed by atoms with Crippen LogP contribution in [0.4, 0.5) is 11.4 Å². The van der Waals surface area contributed by atoms with Crippen molar-refractivity contribution in [3.63, 3.8) is 0 Å². The van der Waals surface area contributed by atoms with Crippen molar-refractivity contribution in [1.29, 1.82) is 0 Å². The van der Waals surface area contributed by atoms with Gasteiger partial charge in [-0.1, -0.05) is 27.7 Å². The molecule has 0 radical (unpaired) electrons. The summed E-state index contributed by atoms with van der Waals surface area (Å²) in [6, 6.07) is 5.15. The van der Waals surface area contributed by atoms with E-state index in [9.17, 15) is 10.1 Å². The van der Waals surface area contributed by atoms with Gasteiger partial charge in [-0.2, -0.15) is 0 Å². The summed E-state index contributed by atoms with van der Waals surface area (Å²) in [6.07, 6.45) is 0.813. The predicted molar refractivity (Wildman–Crippen MR) is 81.4 cm³/mol. The number of rotatable bonds is 6. The number of anilines is 1. The molecule has 0 bridgehead atoms. The number of benzene rings is 1. The third-order valence-electron chi connectivity index (χ3n) is 3.30. The minimum atomic E-state index is -0.415. The zero-order valence-corrected chi connectivity index (χ0v) is 12.9. The summed E-state index contributed by atoms with van der Waals surface area (Å²) in [5.74, 6) is 0.322. The van der Waals surface area contributed by atoms with Gasteiger partial charge in [-0.15, -0.1) is 0 Å². The van der Waals surface area contributed by atoms with Crippen molar-refractivity contribution >= 4 is 11.4 Å². The highest BCUT2D eigenvalue weighted by molar-refractivity contribution is 5.58. The van der Waals surface area contributed by atoms with Crippen LogP contribution in [0.15, 0.2) is 18.2 Å². The summed E-state index contributed by atoms with van der Waals surface area (Å²) < 4.78 is 5.47. The topological polar surface area (TPSA) is 64.4 Å². The van der Waals surface area contributed by atoms with Gasteiger partial charge >= 0.3 is 5.69 Å². The Kier molecular flexibility index (Phi) is 5.36. The third kappa shape index (κ3) is 4.40. The fourth-order valence-corrected chi connectivity index (χ4v) is 1.55. The van der Waals surface area contributed by atoms with Crippen LogP contribution < -0.4 is 10.1 Å². The fraction of sp³-hybridized carbons (Fsp3) is 0.600. The molecule has 1 N–H and O–H groups in total. The Balaban J connectivity index is 2.97. The van der Waals surface area contributed by atoms with E-state index in [1.165, 1.54) is 6.07 Å². The molecule has 112 valence electrons. The number of nitro benzene ring substituents is 1. The highest BCUT2D eigenvalue weighted by atomic mass is 16.6. The summed E-state index contributed by atoms with van der Waals surface area (Å²) >= 11 is 0. The number of nitrogens with one attached hydrogen (secondary N) is 1. The highest BCUT2D eigenvalue weighted by Crippen LogP contribution is 2.32. The van der Waals surface area contributed by atoms with Crippen LogP contribution in [0, 0.1) is 15.5 Å². The molecule has 0 aliphatic carbocycles. The molecule has 0 heterocycles. The summed E-state index contributed by atoms with van der Waals surface area (Å²) in [5.41, 5.74) is 0.947. The van der Waals surface area contributed by atoms with E-state index < -0.39 is 4.92 Å². The molecule has 0 saturated carbocycles. The van der Waals surface area contributed by atoms with Gasteiger partial charge in [0.15, 0.2) is 5.75 Å². The summed E-state index contributed by atoms with van der Waals surface area (Å²) in [6.45, 7) is 11.0. The van der Waals surface area contributed by atoms with Gasteiger partial charge in [0.05, 0.1) is 11.5 Å². The van der Waals surface area contributed by atoms with Crippen LogP contribution in [-0.4, -0.2) is 17.6 Å². The fourth-order valence-electron chi connectivity index (χ4n) is 1.55. The Morgan fingerprint density at radius 3 is 2.55 bits per heavy atom. The molecule has 5 heteroatoms. The van der Waals surface area contributed by atoms with E-state index in [2.05, 4.69) is 33.0 Å². The summed E-state index contributed by atoms with van der Waals surface area (Å²) in [4.78, 5) is 10.6. The summed E-state index contributed by atoms with van der Waals surface area (Å²) in [7, 11) is 0. The van der Waals surface area contributed by atoms with Crippen LogP contribution in [0.1, 0.15) is 41.0 Å². The molecule has 1 aromatic rings. The lowest BCUT2D eigenvalue weighted by Crippen LogP contribution is -2.30. The first-order valence-corrected chi connectivity index (χ1v) is 6.93. The monoisotopic (exact) mass is 280 g/mol. The average Bonchev–Trinajstić information content (AvgIpc) is 2.35. The Hall–Kier alpha value is -1.78. The van der Waals surface area contributed by atoms with Crippen molar-refractivity contribution in [2.24, 2.45) is 5.41 Å². The maximum atomic E-state index is 11.0. The number of hydrogen-bond donors (Lipinski definition) is 1. The van der Waals surface area contributed by atoms with Crippen molar-refractivity contribution in [2.75, 3.05) is 11.9 Å². The van der Waals surface area contributed by atoms with Crippen LogP contribution >= 0.6 is 0 Å². The van der Waals surface area contributed by atoms with E-state index in [1.807, 2.05) is 6.92 Å². The maximum absolute atomic E-state index is 11.0. The van der Waals surface area contributed by atoms with E-state index >= 15 is 0 Å². The molecule has 0 saturated heterocycles. The molecule has 20 heavy (non-hydrogen) atoms. The largest absolute Gasteiger partial charge is 0.487 e. The highest BCUT2D eigenvalue weighted by Gasteiger charge is 2.21. The lowest BCUT2D eigenvalue weighted by molar-refractivity contribution is -0.385. The second-order valence-corrected chi connectivity index (χ2v) is 6.02. The van der Waals surface area contributed by atoms with Crippen LogP contribution in [0.25, 0.3) is 0 Å². The molecule has 0 aromatic heterocycles. The summed E-state index contributed by atoms with van der Waals surface area (Å²) in [5, 5.41) is 14.3. The Morgan fingerprint density at radius 1 is 1.40 bits per heavy atom. The Morgan fingerprint density at radius 2 is 2.05 bits per heavy atom. The minimum Gasteiger partial charge on any atom is -0.487 e. The van der Waals surface area contributed by atoms with Crippen LogP contribution in [0.5, 0.6) is 5.75 Å². The van der Waals surface area contributed by atoms with E-state index in [4.69, 9.17) is 4.74 Å². The SMILES string of the molecule is CCCOc1cc(NC(C)C(C)(C)C)ccc1[N+](=O)[O-]. The van der Waals surface area contributed by atoms with Crippen molar-refractivity contribution in [1.82, 2.24) is 0 Å². The third-order valence-corrected chi connectivity index (χ3v) is 3.30. The first-order chi connectivity index (χ1) is 9.25. The van der Waals surface area contributed by atoms with Gasteiger partial charge in [-0.3, -0.25) is 10.1 Å². The van der Waals surface area contributed by atoms with Gasteiger partial charge < -0.3 is 10.1 Å². The van der Waals surface area contributed by atoms with Gasteiger partial charge in [0, 0.05) is 23.9 Å². The van der Waals surface area contributed by atoms with Gasteiger partial charge in [-0.25, -0.2) is 0 Å². The van der Waals surface area contributed by atoms with Gasteiger partial charge in [-0.05, 0) is 24.8 Å². The quantitative estimate of drug-likeness (QED) is 0.625. The minimum absolute atomic E-state index is 0.00686. The molecule has 5 nitrogen and oxygen atoms in total. The predicted octanol–water partition coefficient (Wildman–Crippen LogP) is 4.23. The smallest absolute Gasteiger partial charge is 0.311 e. The molecule has 1 atom stereocenters. The van der Waals surface area contributed by atoms with Crippen LogP contribution in [-0.2, 0) is 0 Å². The van der Waals surface area contributed by atoms with E-state index in [0.29, 0.717) is 12.4 Å². The molecular formula is C15H24N2O3. The van der Waals surface area contributed by atoms with Crippen molar-refractivity contribution in [3.8, 4) is 5.75 Å². The van der Waals surface area contributed by atoms with E-state index in [1.54, 1.807) is 12.1 Å². The van der Waals surface area contributed by atoms with Gasteiger partial charge in [0.1, 0.15) is 0 Å². The molecule has 0 aliphatic heterocycles. The first-order valence-electron chi connectivity index (χ1n) is 6.93. The van der Waals surface area contributed by atoms with Crippen LogP contribution in [0.2, 0.25) is 0 Å². The molecule has 1 aromatic carbocycles. The molecule has 0 spiro atoms. The van der Waals surface area contributed by atoms with Crippen LogP contribution in [0.3, 0.4) is 0 Å². The van der Waals surface area contributed by atoms with Crippen molar-refractivity contribution < 1.29 is 9.66 Å². The normalized spacial score (nSPS) is 12.8. The van der Waals surface area contributed by atoms with Gasteiger partial charge in [0.2, 0.25) is 0 Å². The zero-order valence-electron chi connectivity index (χ0n) is 12.9. The van der Waals surface area contributed by atoms with E-state index in [-0.39, 0.29) is 17.1 Å². The number of nitrogens with zero attached hydrogens (tertiary/aromatic N) is 1. The number of ether oxygens (including phenoxy) is 1. The molecule has 0 fully saturated rings. The molecular weight excluding hydrogens is 256 g/mol. The van der Waals surface area contributed by atoms with E-state index in [0.717, 1.165) is 12.1 Å². The average molecular weight is 280 g/mol. The Bertz CT molecular complexity index is 467. The maximum Gasteiger partial charge on any atom is 0.311 e. The first kappa shape index (κ1) is 16.3. The van der Waals surface area contributed by atoms with Crippen molar-refractivity contribution in [3.05, 3.63) is 28.3 Å². The molecule has 1 unspecified atom stereocenters.